The minimum absolute atomic E-state index is 0. The number of rotatable bonds is 33. The van der Waals surface area contributed by atoms with Crippen LogP contribution in [0, 0.1) is 0 Å². The summed E-state index contributed by atoms with van der Waals surface area (Å²) < 4.78 is 0. The third kappa shape index (κ3) is 26.8. The van der Waals surface area contributed by atoms with Gasteiger partial charge in [-0.25, -0.2) is 4.99 Å². The van der Waals surface area contributed by atoms with Crippen molar-refractivity contribution in [3.63, 3.8) is 0 Å². The van der Waals surface area contributed by atoms with Gasteiger partial charge in [0, 0.05) is 16.5 Å². The van der Waals surface area contributed by atoms with E-state index in [0.717, 1.165) is 42.1 Å². The molecule has 0 aromatic heterocycles. The van der Waals surface area contributed by atoms with Gasteiger partial charge >= 0.3 is 0 Å². The zero-order valence-electron chi connectivity index (χ0n) is 32.6. The van der Waals surface area contributed by atoms with Crippen molar-refractivity contribution in [2.45, 2.75) is 200 Å². The Morgan fingerprint density at radius 2 is 0.760 bits per heavy atom. The van der Waals surface area contributed by atoms with Gasteiger partial charge in [0.25, 0.3) is 0 Å². The summed E-state index contributed by atoms with van der Waals surface area (Å²) in [7, 11) is 0. The molecule has 2 nitrogen and oxygen atoms in total. The molecule has 2 aromatic carbocycles. The van der Waals surface area contributed by atoms with E-state index in [4.69, 9.17) is 9.98 Å². The summed E-state index contributed by atoms with van der Waals surface area (Å²) >= 11 is 0. The first kappa shape index (κ1) is 46.0. The molecule has 0 aliphatic heterocycles. The molecule has 0 aliphatic carbocycles. The fraction of sp³-hybridized carbons (Fsp3) is 0.660. The van der Waals surface area contributed by atoms with Crippen LogP contribution in [0.4, 0.5) is 11.4 Å². The number of benzene rings is 2. The van der Waals surface area contributed by atoms with E-state index in [1.54, 1.807) is 0 Å². The zero-order chi connectivity index (χ0) is 34.7. The normalized spacial score (nSPS) is 12.1. The second-order valence-corrected chi connectivity index (χ2v) is 14.5. The number of para-hydroxylation sites is 2. The van der Waals surface area contributed by atoms with Gasteiger partial charge < -0.3 is 0 Å². The summed E-state index contributed by atoms with van der Waals surface area (Å²) in [5.74, 6) is 0. The monoisotopic (exact) mass is 727 g/mol. The molecule has 0 atom stereocenters. The van der Waals surface area contributed by atoms with Crippen molar-refractivity contribution in [2.24, 2.45) is 9.98 Å². The molecule has 0 N–H and O–H groups in total. The number of unbranched alkanes of at least 4 members (excludes halogenated alkanes) is 26. The van der Waals surface area contributed by atoms with Crippen molar-refractivity contribution in [3.8, 4) is 0 Å². The minimum Gasteiger partial charge on any atom is -0.251 e. The summed E-state index contributed by atoms with van der Waals surface area (Å²) in [4.78, 5) is 10.1. The van der Waals surface area contributed by atoms with Crippen molar-refractivity contribution in [1.82, 2.24) is 0 Å². The van der Waals surface area contributed by atoms with E-state index in [2.05, 4.69) is 86.7 Å². The van der Waals surface area contributed by atoms with E-state index in [-0.39, 0.29) is 16.5 Å². The third-order valence-electron chi connectivity index (χ3n) is 9.84. The van der Waals surface area contributed by atoms with E-state index in [0.29, 0.717) is 0 Å². The molecule has 2 rings (SSSR count). The van der Waals surface area contributed by atoms with Crippen LogP contribution in [0.3, 0.4) is 0 Å². The van der Waals surface area contributed by atoms with E-state index in [1.165, 1.54) is 167 Å². The Morgan fingerprint density at radius 1 is 0.420 bits per heavy atom. The maximum absolute atomic E-state index is 5.08. The summed E-state index contributed by atoms with van der Waals surface area (Å²) in [6, 6.07) is 20.7. The van der Waals surface area contributed by atoms with E-state index >= 15 is 0 Å². The predicted octanol–water partition coefficient (Wildman–Crippen LogP) is 16.4. The average Bonchev–Trinajstić information content (AvgIpc) is 3.13. The number of nitrogens with zero attached hydrogens (tertiary/aromatic N) is 2. The first-order valence-electron chi connectivity index (χ1n) is 21.3. The van der Waals surface area contributed by atoms with Crippen LogP contribution >= 0.6 is 0 Å². The van der Waals surface area contributed by atoms with Gasteiger partial charge in [0.05, 0.1) is 22.8 Å². The van der Waals surface area contributed by atoms with Gasteiger partial charge in [-0.1, -0.05) is 217 Å². The Morgan fingerprint density at radius 3 is 1.16 bits per heavy atom. The van der Waals surface area contributed by atoms with Crippen molar-refractivity contribution < 1.29 is 16.5 Å². The van der Waals surface area contributed by atoms with Crippen LogP contribution in [-0.4, -0.2) is 11.4 Å². The second kappa shape index (κ2) is 35.4. The molecule has 3 heteroatoms. The van der Waals surface area contributed by atoms with Crippen LogP contribution in [0.25, 0.3) is 0 Å². The average molecular weight is 728 g/mol. The van der Waals surface area contributed by atoms with Crippen LogP contribution in [0.2, 0.25) is 0 Å². The van der Waals surface area contributed by atoms with Crippen LogP contribution < -0.4 is 0 Å². The van der Waals surface area contributed by atoms with Gasteiger partial charge in [0.2, 0.25) is 0 Å². The first-order valence-corrected chi connectivity index (χ1v) is 21.3. The Hall–Kier alpha value is -1.99. The van der Waals surface area contributed by atoms with Gasteiger partial charge in [-0.05, 0) is 56.0 Å². The third-order valence-corrected chi connectivity index (χ3v) is 9.84. The first-order chi connectivity index (χ1) is 24.3. The van der Waals surface area contributed by atoms with Gasteiger partial charge in [-0.15, -0.1) is 0 Å². The summed E-state index contributed by atoms with van der Waals surface area (Å²) in [5.41, 5.74) is 4.11. The molecule has 0 heterocycles. The molecular weight excluding hydrogens is 651 g/mol. The maximum Gasteiger partial charge on any atom is 0.0848 e. The zero-order valence-corrected chi connectivity index (χ0v) is 33.6. The van der Waals surface area contributed by atoms with Crippen LogP contribution in [0.1, 0.15) is 200 Å². The van der Waals surface area contributed by atoms with Crippen LogP contribution in [-0.2, 0) is 16.5 Å². The van der Waals surface area contributed by atoms with Crippen LogP contribution in [0.5, 0.6) is 0 Å². The van der Waals surface area contributed by atoms with Gasteiger partial charge in [-0.2, -0.15) is 0 Å². The number of hydrogen-bond donors (Lipinski definition) is 0. The quantitative estimate of drug-likeness (QED) is 0.0397. The predicted molar refractivity (Wildman–Crippen MR) is 221 cm³/mol. The Labute approximate surface area is 320 Å². The SMILES string of the molecule is CCCCCCCCCCCCCCCCCCCCCCCCCC/C=C/C(=N\c1ccccc1)C(/CCCCC)=N/c1ccccc1.[Ni]. The molecule has 0 spiro atoms. The topological polar surface area (TPSA) is 24.7 Å². The van der Waals surface area contributed by atoms with Crippen LogP contribution in [0.15, 0.2) is 82.8 Å². The molecule has 0 radical (unpaired) electrons. The number of hydrogen-bond acceptors (Lipinski definition) is 2. The molecule has 0 bridgehead atoms. The van der Waals surface area contributed by atoms with Crippen molar-refractivity contribution in [1.29, 1.82) is 0 Å². The van der Waals surface area contributed by atoms with E-state index < -0.39 is 0 Å². The molecule has 0 fully saturated rings. The molecule has 0 amide bonds. The van der Waals surface area contributed by atoms with Crippen molar-refractivity contribution in [3.05, 3.63) is 72.8 Å². The van der Waals surface area contributed by atoms with Gasteiger partial charge in [-0.3, -0.25) is 4.99 Å². The molecule has 0 aliphatic rings. The molecular formula is C47H76N2Ni. The smallest absolute Gasteiger partial charge is 0.0848 e. The van der Waals surface area contributed by atoms with Crippen molar-refractivity contribution >= 4 is 22.8 Å². The largest absolute Gasteiger partial charge is 0.251 e. The fourth-order valence-electron chi connectivity index (χ4n) is 6.70. The molecule has 0 unspecified atom stereocenters. The number of aliphatic imine (C=N–C) groups is 2. The Bertz CT molecular complexity index is 1070. The molecule has 2 aromatic rings. The van der Waals surface area contributed by atoms with Gasteiger partial charge in [0.1, 0.15) is 0 Å². The molecule has 284 valence electrons. The van der Waals surface area contributed by atoms with E-state index in [1.807, 2.05) is 0 Å². The van der Waals surface area contributed by atoms with E-state index in [9.17, 15) is 0 Å². The standard InChI is InChI=1S/C47H76N2.Ni/c1-3-5-7-8-9-10-11-12-13-14-15-16-17-18-19-20-21-22-23-24-25-26-27-28-29-37-43-47(49-45-40-35-31-36-41-45)46(42-32-6-4-2)48-44-38-33-30-34-39-44;/h30-31,33-41,43H,3-29,32,42H2,1-2H3;/b43-37+,48-46+,49-47+;. The molecule has 0 saturated carbocycles. The summed E-state index contributed by atoms with van der Waals surface area (Å²) in [6.07, 6.45) is 44.7. The Balaban J connectivity index is 0.0000125. The number of allylic oxidation sites excluding steroid dienone is 2. The second-order valence-electron chi connectivity index (χ2n) is 14.5. The minimum atomic E-state index is 0. The van der Waals surface area contributed by atoms with Gasteiger partial charge in [0.15, 0.2) is 0 Å². The Kier molecular flexibility index (Phi) is 32.6. The maximum atomic E-state index is 5.08. The van der Waals surface area contributed by atoms with Crippen molar-refractivity contribution in [2.75, 3.05) is 0 Å². The molecule has 0 saturated heterocycles. The summed E-state index contributed by atoms with van der Waals surface area (Å²) in [5, 5.41) is 0. The summed E-state index contributed by atoms with van der Waals surface area (Å²) in [6.45, 7) is 4.56. The fourth-order valence-corrected chi connectivity index (χ4v) is 6.70. The molecule has 50 heavy (non-hydrogen) atoms.